The number of amides is 1. The first-order valence-electron chi connectivity index (χ1n) is 7.69. The van der Waals surface area contributed by atoms with E-state index < -0.39 is 17.2 Å². The summed E-state index contributed by atoms with van der Waals surface area (Å²) in [5, 5.41) is 3.56. The average molecular weight is 425 g/mol. The van der Waals surface area contributed by atoms with E-state index in [-0.39, 0.29) is 22.8 Å². The van der Waals surface area contributed by atoms with Crippen LogP contribution in [0, 0.1) is 0 Å². The lowest BCUT2D eigenvalue weighted by Gasteiger charge is -2.10. The SMILES string of the molecule is O=C(Nc1ccc(Cl)cc1Cl)c1c[nH]c(=O)n(Cc2ccccc2Cl)c1=O. The van der Waals surface area contributed by atoms with Crippen LogP contribution < -0.4 is 16.6 Å². The van der Waals surface area contributed by atoms with Gasteiger partial charge in [0.15, 0.2) is 0 Å². The molecular formula is C18H12Cl3N3O3. The fourth-order valence-electron chi connectivity index (χ4n) is 2.39. The minimum atomic E-state index is -0.749. The van der Waals surface area contributed by atoms with E-state index in [1.165, 1.54) is 12.1 Å². The van der Waals surface area contributed by atoms with Crippen LogP contribution in [0.4, 0.5) is 5.69 Å². The molecule has 0 aliphatic rings. The predicted molar refractivity (Wildman–Crippen MR) is 106 cm³/mol. The largest absolute Gasteiger partial charge is 0.328 e. The average Bonchev–Trinajstić information content (AvgIpc) is 2.62. The normalized spacial score (nSPS) is 10.6. The van der Waals surface area contributed by atoms with Gasteiger partial charge in [-0.1, -0.05) is 53.0 Å². The van der Waals surface area contributed by atoms with Crippen molar-refractivity contribution < 1.29 is 4.79 Å². The number of aromatic amines is 1. The highest BCUT2D eigenvalue weighted by molar-refractivity contribution is 6.36. The van der Waals surface area contributed by atoms with Gasteiger partial charge in [-0.05, 0) is 29.8 Å². The van der Waals surface area contributed by atoms with Gasteiger partial charge in [0.2, 0.25) is 0 Å². The zero-order chi connectivity index (χ0) is 19.6. The molecule has 0 saturated carbocycles. The number of rotatable bonds is 4. The smallest absolute Gasteiger partial charge is 0.320 e. The quantitative estimate of drug-likeness (QED) is 0.668. The van der Waals surface area contributed by atoms with Crippen molar-refractivity contribution in [1.82, 2.24) is 9.55 Å². The van der Waals surface area contributed by atoms with Gasteiger partial charge in [0.05, 0.1) is 17.3 Å². The molecule has 0 unspecified atom stereocenters. The fraction of sp³-hybridized carbons (Fsp3) is 0.0556. The Balaban J connectivity index is 1.95. The molecule has 0 spiro atoms. The molecule has 0 atom stereocenters. The molecule has 3 aromatic rings. The molecule has 0 fully saturated rings. The van der Waals surface area contributed by atoms with Crippen LogP contribution in [0.2, 0.25) is 15.1 Å². The molecule has 6 nitrogen and oxygen atoms in total. The predicted octanol–water partition coefficient (Wildman–Crippen LogP) is 3.80. The van der Waals surface area contributed by atoms with Crippen LogP contribution in [0.3, 0.4) is 0 Å². The minimum Gasteiger partial charge on any atom is -0.320 e. The second-order valence-electron chi connectivity index (χ2n) is 5.57. The van der Waals surface area contributed by atoms with Crippen molar-refractivity contribution in [2.45, 2.75) is 6.54 Å². The van der Waals surface area contributed by atoms with E-state index in [0.29, 0.717) is 15.6 Å². The van der Waals surface area contributed by atoms with Crippen LogP contribution in [0.1, 0.15) is 15.9 Å². The Kier molecular flexibility index (Phi) is 5.70. The Morgan fingerprint density at radius 1 is 1.04 bits per heavy atom. The minimum absolute atomic E-state index is 0.0728. The van der Waals surface area contributed by atoms with E-state index >= 15 is 0 Å². The number of H-pyrrole nitrogens is 1. The van der Waals surface area contributed by atoms with Crippen LogP contribution in [0.25, 0.3) is 0 Å². The van der Waals surface area contributed by atoms with Gasteiger partial charge in [-0.25, -0.2) is 4.79 Å². The Hall–Kier alpha value is -2.54. The maximum atomic E-state index is 12.7. The van der Waals surface area contributed by atoms with Gasteiger partial charge in [-0.3, -0.25) is 14.2 Å². The summed E-state index contributed by atoms with van der Waals surface area (Å²) in [5.74, 6) is -0.714. The number of benzene rings is 2. The summed E-state index contributed by atoms with van der Waals surface area (Å²) < 4.78 is 0.902. The maximum Gasteiger partial charge on any atom is 0.328 e. The lowest BCUT2D eigenvalue weighted by atomic mass is 10.2. The van der Waals surface area contributed by atoms with Crippen molar-refractivity contribution >= 4 is 46.4 Å². The number of hydrogen-bond acceptors (Lipinski definition) is 3. The zero-order valence-corrected chi connectivity index (χ0v) is 15.9. The van der Waals surface area contributed by atoms with Gasteiger partial charge in [-0.2, -0.15) is 0 Å². The summed E-state index contributed by atoms with van der Waals surface area (Å²) in [6, 6.07) is 11.3. The van der Waals surface area contributed by atoms with Crippen LogP contribution in [-0.4, -0.2) is 15.5 Å². The Morgan fingerprint density at radius 2 is 1.78 bits per heavy atom. The van der Waals surface area contributed by atoms with Crippen molar-refractivity contribution in [2.24, 2.45) is 0 Å². The molecule has 1 heterocycles. The molecule has 138 valence electrons. The number of carbonyl (C=O) groups excluding carboxylic acids is 1. The van der Waals surface area contributed by atoms with Crippen molar-refractivity contribution in [2.75, 3.05) is 5.32 Å². The van der Waals surface area contributed by atoms with Gasteiger partial charge in [0.25, 0.3) is 11.5 Å². The van der Waals surface area contributed by atoms with E-state index in [4.69, 9.17) is 34.8 Å². The molecule has 1 amide bonds. The highest BCUT2D eigenvalue weighted by Crippen LogP contribution is 2.25. The third-order valence-corrected chi connectivity index (χ3v) is 4.69. The number of halogens is 3. The van der Waals surface area contributed by atoms with Gasteiger partial charge in [0, 0.05) is 16.2 Å². The van der Waals surface area contributed by atoms with Crippen LogP contribution in [-0.2, 0) is 6.54 Å². The Morgan fingerprint density at radius 3 is 2.48 bits per heavy atom. The molecule has 1 aromatic heterocycles. The molecule has 0 aliphatic heterocycles. The molecule has 27 heavy (non-hydrogen) atoms. The lowest BCUT2D eigenvalue weighted by molar-refractivity contribution is 0.102. The second kappa shape index (κ2) is 8.00. The highest BCUT2D eigenvalue weighted by Gasteiger charge is 2.17. The van der Waals surface area contributed by atoms with Crippen LogP contribution >= 0.6 is 34.8 Å². The van der Waals surface area contributed by atoms with E-state index in [1.807, 2.05) is 0 Å². The summed E-state index contributed by atoms with van der Waals surface area (Å²) in [5.41, 5.74) is -0.783. The van der Waals surface area contributed by atoms with Gasteiger partial charge < -0.3 is 10.3 Å². The maximum absolute atomic E-state index is 12.7. The molecule has 3 rings (SSSR count). The first kappa shape index (κ1) is 19.2. The standard InChI is InChI=1S/C18H12Cl3N3O3/c19-11-5-6-15(14(21)7-11)23-16(25)12-8-22-18(27)24(17(12)26)9-10-3-1-2-4-13(10)20/h1-8H,9H2,(H,22,27)(H,23,25). The zero-order valence-electron chi connectivity index (χ0n) is 13.6. The fourth-order valence-corrected chi connectivity index (χ4v) is 3.05. The molecule has 0 radical (unpaired) electrons. The van der Waals surface area contributed by atoms with Crippen molar-refractivity contribution in [3.05, 3.63) is 95.7 Å². The first-order chi connectivity index (χ1) is 12.9. The van der Waals surface area contributed by atoms with Crippen molar-refractivity contribution in [3.63, 3.8) is 0 Å². The van der Waals surface area contributed by atoms with Crippen LogP contribution in [0.15, 0.2) is 58.3 Å². The monoisotopic (exact) mass is 423 g/mol. The summed E-state index contributed by atoms with van der Waals surface area (Å²) in [7, 11) is 0. The van der Waals surface area contributed by atoms with Crippen molar-refractivity contribution in [3.8, 4) is 0 Å². The van der Waals surface area contributed by atoms with Gasteiger partial charge in [-0.15, -0.1) is 0 Å². The number of aromatic nitrogens is 2. The molecule has 0 aliphatic carbocycles. The topological polar surface area (TPSA) is 84.0 Å². The highest BCUT2D eigenvalue weighted by atomic mass is 35.5. The number of nitrogens with zero attached hydrogens (tertiary/aromatic N) is 1. The molecular weight excluding hydrogens is 413 g/mol. The van der Waals surface area contributed by atoms with Crippen LogP contribution in [0.5, 0.6) is 0 Å². The molecule has 0 saturated heterocycles. The number of carbonyl (C=O) groups is 1. The number of nitrogens with one attached hydrogen (secondary N) is 2. The van der Waals surface area contributed by atoms with E-state index in [9.17, 15) is 14.4 Å². The van der Waals surface area contributed by atoms with Gasteiger partial charge in [0.1, 0.15) is 5.56 Å². The molecule has 2 N–H and O–H groups in total. The third-order valence-electron chi connectivity index (χ3n) is 3.77. The Labute approximate surface area is 168 Å². The Bertz CT molecular complexity index is 1140. The summed E-state index contributed by atoms with van der Waals surface area (Å²) in [6.45, 7) is -0.0728. The number of hydrogen-bond donors (Lipinski definition) is 2. The molecule has 0 bridgehead atoms. The number of anilines is 1. The van der Waals surface area contributed by atoms with E-state index in [1.54, 1.807) is 30.3 Å². The van der Waals surface area contributed by atoms with Crippen molar-refractivity contribution in [1.29, 1.82) is 0 Å². The molecule has 9 heteroatoms. The summed E-state index contributed by atoms with van der Waals surface area (Å²) >= 11 is 17.9. The summed E-state index contributed by atoms with van der Waals surface area (Å²) in [6.07, 6.45) is 1.06. The molecule has 2 aromatic carbocycles. The lowest BCUT2D eigenvalue weighted by Crippen LogP contribution is -2.39. The van der Waals surface area contributed by atoms with Gasteiger partial charge >= 0.3 is 5.69 Å². The van der Waals surface area contributed by atoms with E-state index in [0.717, 1.165) is 10.8 Å². The first-order valence-corrected chi connectivity index (χ1v) is 8.82. The van der Waals surface area contributed by atoms with E-state index in [2.05, 4.69) is 10.3 Å². The summed E-state index contributed by atoms with van der Waals surface area (Å²) in [4.78, 5) is 39.6. The second-order valence-corrected chi connectivity index (χ2v) is 6.82. The third kappa shape index (κ3) is 4.24.